The van der Waals surface area contributed by atoms with Crippen LogP contribution in [0.2, 0.25) is 0 Å². The van der Waals surface area contributed by atoms with E-state index in [9.17, 15) is 22.4 Å². The Hall–Kier alpha value is -2.74. The van der Waals surface area contributed by atoms with E-state index in [4.69, 9.17) is 4.74 Å². The number of hydrogen-bond donors (Lipinski definition) is 1. The molecule has 0 saturated carbocycles. The number of amides is 1. The monoisotopic (exact) mass is 391 g/mol. The van der Waals surface area contributed by atoms with Crippen LogP contribution in [0.3, 0.4) is 0 Å². The molecule has 8 heteroatoms. The van der Waals surface area contributed by atoms with Gasteiger partial charge in [-0.1, -0.05) is 12.1 Å². The number of carbonyl (C=O) groups is 2. The fraction of sp³-hybridized carbons (Fsp3) is 0.263. The summed E-state index contributed by atoms with van der Waals surface area (Å²) in [6.07, 6.45) is 0.472. The third-order valence-electron chi connectivity index (χ3n) is 4.24. The van der Waals surface area contributed by atoms with Crippen LogP contribution in [0, 0.1) is 11.7 Å². The first kappa shape index (κ1) is 19.0. The lowest BCUT2D eigenvalue weighted by Crippen LogP contribution is -2.20. The summed E-state index contributed by atoms with van der Waals surface area (Å²) in [4.78, 5) is 23.6. The molecule has 0 spiro atoms. The van der Waals surface area contributed by atoms with Crippen molar-refractivity contribution in [3.63, 3.8) is 0 Å². The summed E-state index contributed by atoms with van der Waals surface area (Å²) in [6.45, 7) is 0.248. The van der Waals surface area contributed by atoms with E-state index < -0.39 is 21.7 Å². The number of rotatable bonds is 6. The SMILES string of the molecule is O=C(Cc1ccc(F)cc1)Nc1ccc(S(=O)(=O)CC2CCOC2=O)cc1. The van der Waals surface area contributed by atoms with Crippen LogP contribution < -0.4 is 5.32 Å². The lowest BCUT2D eigenvalue weighted by molar-refractivity contribution is -0.140. The lowest BCUT2D eigenvalue weighted by atomic mass is 10.1. The van der Waals surface area contributed by atoms with Gasteiger partial charge in [-0.25, -0.2) is 12.8 Å². The van der Waals surface area contributed by atoms with Crippen molar-refractivity contribution in [2.24, 2.45) is 5.92 Å². The van der Waals surface area contributed by atoms with Crippen molar-refractivity contribution in [1.82, 2.24) is 0 Å². The zero-order valence-electron chi connectivity index (χ0n) is 14.4. The topological polar surface area (TPSA) is 89.5 Å². The molecule has 0 radical (unpaired) electrons. The molecule has 3 rings (SSSR count). The predicted octanol–water partition coefficient (Wildman–Crippen LogP) is 2.34. The maximum absolute atomic E-state index is 12.9. The Bertz CT molecular complexity index is 939. The number of anilines is 1. The number of benzene rings is 2. The van der Waals surface area contributed by atoms with Crippen molar-refractivity contribution in [3.05, 3.63) is 59.9 Å². The third kappa shape index (κ3) is 4.91. The molecule has 1 fully saturated rings. The minimum Gasteiger partial charge on any atom is -0.465 e. The van der Waals surface area contributed by atoms with Crippen LogP contribution in [0.25, 0.3) is 0 Å². The Morgan fingerprint density at radius 1 is 1.11 bits per heavy atom. The van der Waals surface area contributed by atoms with Crippen LogP contribution in [0.5, 0.6) is 0 Å². The molecule has 1 unspecified atom stereocenters. The van der Waals surface area contributed by atoms with E-state index in [1.807, 2.05) is 0 Å². The van der Waals surface area contributed by atoms with E-state index in [1.54, 1.807) is 0 Å². The molecule has 0 aromatic heterocycles. The smallest absolute Gasteiger partial charge is 0.310 e. The van der Waals surface area contributed by atoms with Crippen LogP contribution in [0.4, 0.5) is 10.1 Å². The zero-order valence-corrected chi connectivity index (χ0v) is 15.2. The van der Waals surface area contributed by atoms with Gasteiger partial charge >= 0.3 is 5.97 Å². The molecule has 0 aliphatic carbocycles. The highest BCUT2D eigenvalue weighted by molar-refractivity contribution is 7.91. The molecule has 1 aliphatic rings. The summed E-state index contributed by atoms with van der Waals surface area (Å²) in [5.41, 5.74) is 1.11. The fourth-order valence-electron chi connectivity index (χ4n) is 2.79. The van der Waals surface area contributed by atoms with E-state index in [1.165, 1.54) is 48.5 Å². The molecule has 1 heterocycles. The maximum Gasteiger partial charge on any atom is 0.310 e. The molecule has 6 nitrogen and oxygen atoms in total. The number of sulfone groups is 1. The van der Waals surface area contributed by atoms with E-state index in [0.29, 0.717) is 17.7 Å². The first-order chi connectivity index (χ1) is 12.8. The molecule has 1 atom stereocenters. The average Bonchev–Trinajstić information content (AvgIpc) is 3.01. The molecule has 2 aromatic carbocycles. The van der Waals surface area contributed by atoms with Crippen LogP contribution in [-0.4, -0.2) is 32.7 Å². The van der Waals surface area contributed by atoms with Gasteiger partial charge in [0.1, 0.15) is 5.82 Å². The van der Waals surface area contributed by atoms with Crippen LogP contribution >= 0.6 is 0 Å². The van der Waals surface area contributed by atoms with Gasteiger partial charge in [-0.15, -0.1) is 0 Å². The summed E-state index contributed by atoms with van der Waals surface area (Å²) in [5.74, 6) is -2.08. The van der Waals surface area contributed by atoms with Gasteiger partial charge in [0.25, 0.3) is 0 Å². The van der Waals surface area contributed by atoms with Crippen molar-refractivity contribution in [1.29, 1.82) is 0 Å². The summed E-state index contributed by atoms with van der Waals surface area (Å²) in [6, 6.07) is 11.4. The Labute approximate surface area is 156 Å². The summed E-state index contributed by atoms with van der Waals surface area (Å²) in [7, 11) is -3.62. The zero-order chi connectivity index (χ0) is 19.4. The first-order valence-electron chi connectivity index (χ1n) is 8.37. The molecule has 27 heavy (non-hydrogen) atoms. The molecular formula is C19H18FNO5S. The van der Waals surface area contributed by atoms with Crippen molar-refractivity contribution < 1.29 is 27.1 Å². The van der Waals surface area contributed by atoms with Crippen molar-refractivity contribution in [3.8, 4) is 0 Å². The number of carbonyl (C=O) groups excluding carboxylic acids is 2. The Morgan fingerprint density at radius 2 is 1.78 bits per heavy atom. The molecule has 142 valence electrons. The maximum atomic E-state index is 12.9. The van der Waals surface area contributed by atoms with Crippen molar-refractivity contribution in [2.75, 3.05) is 17.7 Å². The minimum absolute atomic E-state index is 0.0735. The Kier molecular flexibility index (Phi) is 5.55. The van der Waals surface area contributed by atoms with Crippen LogP contribution in [0.1, 0.15) is 12.0 Å². The van der Waals surface area contributed by atoms with E-state index in [-0.39, 0.29) is 35.4 Å². The summed E-state index contributed by atoms with van der Waals surface area (Å²) in [5, 5.41) is 2.66. The van der Waals surface area contributed by atoms with Gasteiger partial charge in [-0.2, -0.15) is 0 Å². The molecule has 1 N–H and O–H groups in total. The lowest BCUT2D eigenvalue weighted by Gasteiger charge is -2.09. The summed E-state index contributed by atoms with van der Waals surface area (Å²) < 4.78 is 42.5. The number of cyclic esters (lactones) is 1. The quantitative estimate of drug-likeness (QED) is 0.764. The van der Waals surface area contributed by atoms with Gasteiger partial charge in [0, 0.05) is 5.69 Å². The van der Waals surface area contributed by atoms with Crippen LogP contribution in [-0.2, 0) is 30.6 Å². The van der Waals surface area contributed by atoms with Crippen molar-refractivity contribution >= 4 is 27.4 Å². The normalized spacial score (nSPS) is 16.8. The minimum atomic E-state index is -3.62. The van der Waals surface area contributed by atoms with Crippen LogP contribution in [0.15, 0.2) is 53.4 Å². The average molecular weight is 391 g/mol. The fourth-order valence-corrected chi connectivity index (χ4v) is 4.36. The molecule has 1 aliphatic heterocycles. The van der Waals surface area contributed by atoms with Crippen molar-refractivity contribution in [2.45, 2.75) is 17.7 Å². The third-order valence-corrected chi connectivity index (χ3v) is 6.07. The molecule has 1 amide bonds. The summed E-state index contributed by atoms with van der Waals surface area (Å²) >= 11 is 0. The second-order valence-corrected chi connectivity index (χ2v) is 8.34. The van der Waals surface area contributed by atoms with Gasteiger partial charge in [-0.3, -0.25) is 9.59 Å². The second-order valence-electron chi connectivity index (χ2n) is 6.31. The van der Waals surface area contributed by atoms with Gasteiger partial charge in [0.05, 0.1) is 29.6 Å². The number of nitrogens with one attached hydrogen (secondary N) is 1. The van der Waals surface area contributed by atoms with E-state index in [2.05, 4.69) is 5.32 Å². The Balaban J connectivity index is 1.61. The first-order valence-corrected chi connectivity index (χ1v) is 10.0. The van der Waals surface area contributed by atoms with E-state index >= 15 is 0 Å². The largest absolute Gasteiger partial charge is 0.465 e. The van der Waals surface area contributed by atoms with Gasteiger partial charge in [0.15, 0.2) is 9.84 Å². The predicted molar refractivity (Wildman–Crippen MR) is 96.3 cm³/mol. The highest BCUT2D eigenvalue weighted by Crippen LogP contribution is 2.22. The Morgan fingerprint density at radius 3 is 2.37 bits per heavy atom. The molecule has 0 bridgehead atoms. The molecular weight excluding hydrogens is 373 g/mol. The number of esters is 1. The number of halogens is 1. The number of ether oxygens (including phenoxy) is 1. The standard InChI is InChI=1S/C19H18FNO5S/c20-15-3-1-13(2-4-15)11-18(22)21-16-5-7-17(8-6-16)27(24,25)12-14-9-10-26-19(14)23/h1-8,14H,9-12H2,(H,21,22). The molecule has 2 aromatic rings. The van der Waals surface area contributed by atoms with E-state index in [0.717, 1.165) is 0 Å². The second kappa shape index (κ2) is 7.87. The number of hydrogen-bond acceptors (Lipinski definition) is 5. The molecule has 1 saturated heterocycles. The van der Waals surface area contributed by atoms with Gasteiger partial charge in [-0.05, 0) is 48.4 Å². The highest BCUT2D eigenvalue weighted by atomic mass is 32.2. The van der Waals surface area contributed by atoms with Gasteiger partial charge < -0.3 is 10.1 Å². The highest BCUT2D eigenvalue weighted by Gasteiger charge is 2.32. The van der Waals surface area contributed by atoms with Gasteiger partial charge in [0.2, 0.25) is 5.91 Å².